The molecule has 27 heavy (non-hydrogen) atoms. The van der Waals surface area contributed by atoms with E-state index >= 15 is 0 Å². The van der Waals surface area contributed by atoms with Gasteiger partial charge in [-0.15, -0.1) is 24.0 Å². The van der Waals surface area contributed by atoms with Crippen LogP contribution in [-0.4, -0.2) is 35.7 Å². The van der Waals surface area contributed by atoms with Gasteiger partial charge in [-0.2, -0.15) is 4.98 Å². The molecule has 1 aromatic carbocycles. The molecule has 0 amide bonds. The van der Waals surface area contributed by atoms with E-state index in [9.17, 15) is 0 Å². The predicted molar refractivity (Wildman–Crippen MR) is 120 cm³/mol. The number of guanidine groups is 1. The van der Waals surface area contributed by atoms with Crippen LogP contribution in [0.3, 0.4) is 0 Å². The molecule has 1 aromatic heterocycles. The Morgan fingerprint density at radius 2 is 1.93 bits per heavy atom. The Bertz CT molecular complexity index is 726. The molecule has 3 rings (SSSR count). The Balaban J connectivity index is 0.00000261. The minimum Gasteiger partial charge on any atom is -0.356 e. The second kappa shape index (κ2) is 10.8. The molecule has 0 radical (unpaired) electrons. The minimum atomic E-state index is 0. The number of nitrogens with zero attached hydrogens (tertiary/aromatic N) is 3. The molecule has 1 aliphatic rings. The molecule has 6 nitrogen and oxygen atoms in total. The van der Waals surface area contributed by atoms with E-state index in [1.807, 2.05) is 24.3 Å². The standard InChI is InChI=1S/C19H26ClN5O.HI/c1-13-3-9-16(10-4-13)23-19(21-2)22-12-11-17-24-18(25-26-17)14-5-7-15(20)8-6-14;/h5-8,13,16H,3-4,9-12H2,1-2H3,(H2,21,22,23);1H. The number of nitrogens with one attached hydrogen (secondary N) is 2. The van der Waals surface area contributed by atoms with Gasteiger partial charge in [-0.05, 0) is 55.9 Å². The molecule has 0 aliphatic heterocycles. The van der Waals surface area contributed by atoms with Crippen molar-refractivity contribution in [2.75, 3.05) is 13.6 Å². The van der Waals surface area contributed by atoms with E-state index < -0.39 is 0 Å². The Kier molecular flexibility index (Phi) is 8.82. The van der Waals surface area contributed by atoms with E-state index in [0.717, 1.165) is 17.4 Å². The molecule has 0 atom stereocenters. The van der Waals surface area contributed by atoms with Crippen molar-refractivity contribution >= 4 is 41.5 Å². The quantitative estimate of drug-likeness (QED) is 0.362. The van der Waals surface area contributed by atoms with Gasteiger partial charge >= 0.3 is 0 Å². The Morgan fingerprint density at radius 3 is 2.59 bits per heavy atom. The maximum atomic E-state index is 5.90. The van der Waals surface area contributed by atoms with Gasteiger partial charge in [-0.3, -0.25) is 4.99 Å². The van der Waals surface area contributed by atoms with Crippen molar-refractivity contribution in [1.82, 2.24) is 20.8 Å². The van der Waals surface area contributed by atoms with Crippen LogP contribution < -0.4 is 10.6 Å². The fraction of sp³-hybridized carbons (Fsp3) is 0.526. The van der Waals surface area contributed by atoms with Crippen LogP contribution in [-0.2, 0) is 6.42 Å². The fourth-order valence-electron chi connectivity index (χ4n) is 3.15. The van der Waals surface area contributed by atoms with Gasteiger partial charge in [0.15, 0.2) is 5.96 Å². The van der Waals surface area contributed by atoms with E-state index in [0.29, 0.717) is 35.7 Å². The summed E-state index contributed by atoms with van der Waals surface area (Å²) in [5, 5.41) is 11.6. The first-order valence-corrected chi connectivity index (χ1v) is 9.57. The van der Waals surface area contributed by atoms with Gasteiger partial charge in [-0.25, -0.2) is 0 Å². The highest BCUT2D eigenvalue weighted by molar-refractivity contribution is 14.0. The van der Waals surface area contributed by atoms with E-state index in [-0.39, 0.29) is 24.0 Å². The largest absolute Gasteiger partial charge is 0.356 e. The van der Waals surface area contributed by atoms with Crippen LogP contribution in [0.2, 0.25) is 5.02 Å². The zero-order chi connectivity index (χ0) is 18.4. The summed E-state index contributed by atoms with van der Waals surface area (Å²) in [6.07, 6.45) is 5.61. The van der Waals surface area contributed by atoms with Crippen molar-refractivity contribution in [2.45, 2.75) is 45.1 Å². The van der Waals surface area contributed by atoms with Crippen LogP contribution in [0.15, 0.2) is 33.8 Å². The van der Waals surface area contributed by atoms with Gasteiger partial charge in [0.2, 0.25) is 11.7 Å². The third-order valence-corrected chi connectivity index (χ3v) is 5.03. The van der Waals surface area contributed by atoms with Crippen molar-refractivity contribution in [3.8, 4) is 11.4 Å². The minimum absolute atomic E-state index is 0. The highest BCUT2D eigenvalue weighted by atomic mass is 127. The normalized spacial score (nSPS) is 20.0. The molecule has 0 bridgehead atoms. The zero-order valence-electron chi connectivity index (χ0n) is 15.7. The summed E-state index contributed by atoms with van der Waals surface area (Å²) in [4.78, 5) is 8.74. The Hall–Kier alpha value is -1.35. The molecule has 0 unspecified atom stereocenters. The predicted octanol–water partition coefficient (Wildman–Crippen LogP) is 4.29. The van der Waals surface area contributed by atoms with Crippen LogP contribution in [0.25, 0.3) is 11.4 Å². The summed E-state index contributed by atoms with van der Waals surface area (Å²) in [6, 6.07) is 7.90. The third kappa shape index (κ3) is 6.64. The number of aromatic nitrogens is 2. The summed E-state index contributed by atoms with van der Waals surface area (Å²) in [5.41, 5.74) is 0.890. The Morgan fingerprint density at radius 1 is 1.22 bits per heavy atom. The molecular formula is C19H27ClIN5O. The third-order valence-electron chi connectivity index (χ3n) is 4.78. The second-order valence-corrected chi connectivity index (χ2v) is 7.31. The monoisotopic (exact) mass is 503 g/mol. The summed E-state index contributed by atoms with van der Waals surface area (Å²) < 4.78 is 5.33. The van der Waals surface area contributed by atoms with Gasteiger partial charge in [0.25, 0.3) is 0 Å². The van der Waals surface area contributed by atoms with Crippen molar-refractivity contribution in [2.24, 2.45) is 10.9 Å². The van der Waals surface area contributed by atoms with Gasteiger partial charge in [-0.1, -0.05) is 23.7 Å². The Labute approximate surface area is 182 Å². The van der Waals surface area contributed by atoms with Crippen LogP contribution >= 0.6 is 35.6 Å². The highest BCUT2D eigenvalue weighted by Crippen LogP contribution is 2.23. The van der Waals surface area contributed by atoms with Crippen molar-refractivity contribution in [3.05, 3.63) is 35.2 Å². The molecule has 0 spiro atoms. The summed E-state index contributed by atoms with van der Waals surface area (Å²) in [5.74, 6) is 2.86. The first kappa shape index (κ1) is 21.9. The van der Waals surface area contributed by atoms with Crippen molar-refractivity contribution in [1.29, 1.82) is 0 Å². The molecule has 1 aliphatic carbocycles. The lowest BCUT2D eigenvalue weighted by molar-refractivity contribution is 0.329. The summed E-state index contributed by atoms with van der Waals surface area (Å²) >= 11 is 5.90. The molecule has 2 aromatic rings. The smallest absolute Gasteiger partial charge is 0.228 e. The molecular weight excluding hydrogens is 477 g/mol. The highest BCUT2D eigenvalue weighted by Gasteiger charge is 2.18. The SMILES string of the molecule is CN=C(NCCc1nc(-c2ccc(Cl)cc2)no1)NC1CCC(C)CC1.I. The van der Waals surface area contributed by atoms with E-state index in [1.54, 1.807) is 7.05 Å². The van der Waals surface area contributed by atoms with E-state index in [1.165, 1.54) is 25.7 Å². The van der Waals surface area contributed by atoms with Gasteiger partial charge in [0, 0.05) is 36.6 Å². The van der Waals surface area contributed by atoms with Crippen LogP contribution in [0, 0.1) is 5.92 Å². The maximum absolute atomic E-state index is 5.90. The molecule has 1 fully saturated rings. The van der Waals surface area contributed by atoms with Gasteiger partial charge < -0.3 is 15.2 Å². The van der Waals surface area contributed by atoms with Crippen molar-refractivity contribution < 1.29 is 4.52 Å². The number of hydrogen-bond acceptors (Lipinski definition) is 4. The number of rotatable bonds is 5. The first-order chi connectivity index (χ1) is 12.6. The average molecular weight is 504 g/mol. The number of aliphatic imine (C=N–C) groups is 1. The lowest BCUT2D eigenvalue weighted by atomic mass is 9.87. The number of benzene rings is 1. The summed E-state index contributed by atoms with van der Waals surface area (Å²) in [6.45, 7) is 3.01. The van der Waals surface area contributed by atoms with E-state index in [2.05, 4.69) is 32.7 Å². The lowest BCUT2D eigenvalue weighted by Crippen LogP contribution is -2.45. The van der Waals surface area contributed by atoms with Crippen LogP contribution in [0.1, 0.15) is 38.5 Å². The molecule has 1 heterocycles. The van der Waals surface area contributed by atoms with Crippen LogP contribution in [0.5, 0.6) is 0 Å². The topological polar surface area (TPSA) is 75.3 Å². The number of halogens is 2. The molecule has 2 N–H and O–H groups in total. The van der Waals surface area contributed by atoms with Crippen LogP contribution in [0.4, 0.5) is 0 Å². The molecule has 0 saturated heterocycles. The van der Waals surface area contributed by atoms with Gasteiger partial charge in [0.1, 0.15) is 0 Å². The summed E-state index contributed by atoms with van der Waals surface area (Å²) in [7, 11) is 1.80. The molecule has 148 valence electrons. The first-order valence-electron chi connectivity index (χ1n) is 9.19. The van der Waals surface area contributed by atoms with E-state index in [4.69, 9.17) is 16.1 Å². The zero-order valence-corrected chi connectivity index (χ0v) is 18.8. The average Bonchev–Trinajstić information content (AvgIpc) is 3.12. The maximum Gasteiger partial charge on any atom is 0.228 e. The fourth-order valence-corrected chi connectivity index (χ4v) is 3.28. The molecule has 8 heteroatoms. The molecule has 1 saturated carbocycles. The number of hydrogen-bond donors (Lipinski definition) is 2. The van der Waals surface area contributed by atoms with Crippen molar-refractivity contribution in [3.63, 3.8) is 0 Å². The second-order valence-electron chi connectivity index (χ2n) is 6.87. The lowest BCUT2D eigenvalue weighted by Gasteiger charge is -2.28. The van der Waals surface area contributed by atoms with Gasteiger partial charge in [0.05, 0.1) is 0 Å².